The quantitative estimate of drug-likeness (QED) is 0.868. The molecule has 0 saturated carbocycles. The van der Waals surface area contributed by atoms with Gasteiger partial charge in [0.05, 0.1) is 0 Å². The maximum atomic E-state index is 12.6. The summed E-state index contributed by atoms with van der Waals surface area (Å²) >= 11 is 0. The molecule has 21 heavy (non-hydrogen) atoms. The van der Waals surface area contributed by atoms with Crippen LogP contribution in [-0.2, 0) is 13.5 Å². The van der Waals surface area contributed by atoms with E-state index in [4.69, 9.17) is 0 Å². The molecule has 0 aliphatic carbocycles. The molecule has 3 rings (SSSR count). The second-order valence-electron chi connectivity index (χ2n) is 5.83. The molecule has 0 spiro atoms. The van der Waals surface area contributed by atoms with E-state index in [9.17, 15) is 4.79 Å². The summed E-state index contributed by atoms with van der Waals surface area (Å²) in [6.07, 6.45) is 8.93. The van der Waals surface area contributed by atoms with Crippen molar-refractivity contribution in [3.8, 4) is 0 Å². The Bertz CT molecular complexity index is 606. The number of carbonyl (C=O) groups excluding carboxylic acids is 1. The van der Waals surface area contributed by atoms with Crippen LogP contribution in [0.4, 0.5) is 0 Å². The second kappa shape index (κ2) is 6.12. The summed E-state index contributed by atoms with van der Waals surface area (Å²) in [7, 11) is 1.92. The largest absolute Gasteiger partial charge is 0.347 e. The molecule has 0 bridgehead atoms. The van der Waals surface area contributed by atoms with Gasteiger partial charge in [0.1, 0.15) is 5.69 Å². The first kappa shape index (κ1) is 13.9. The van der Waals surface area contributed by atoms with Crippen molar-refractivity contribution in [2.75, 3.05) is 13.1 Å². The van der Waals surface area contributed by atoms with E-state index in [1.54, 1.807) is 6.20 Å². The predicted octanol–water partition coefficient (Wildman–Crippen LogP) is 2.52. The Balaban J connectivity index is 1.66. The molecule has 1 amide bonds. The fourth-order valence-electron chi connectivity index (χ4n) is 3.11. The van der Waals surface area contributed by atoms with Crippen LogP contribution in [0.2, 0.25) is 0 Å². The normalized spacial score (nSPS) is 18.7. The summed E-state index contributed by atoms with van der Waals surface area (Å²) in [6.45, 7) is 1.71. The molecule has 0 radical (unpaired) electrons. The van der Waals surface area contributed by atoms with Gasteiger partial charge in [-0.1, -0.05) is 6.07 Å². The summed E-state index contributed by atoms with van der Waals surface area (Å²) in [6, 6.07) is 7.91. The Kier molecular flexibility index (Phi) is 4.04. The fraction of sp³-hybridized carbons (Fsp3) is 0.412. The molecule has 0 unspecified atom stereocenters. The summed E-state index contributed by atoms with van der Waals surface area (Å²) in [5, 5.41) is 0. The molecule has 4 nitrogen and oxygen atoms in total. The van der Waals surface area contributed by atoms with E-state index in [1.807, 2.05) is 47.1 Å². The van der Waals surface area contributed by atoms with Crippen LogP contribution in [0.25, 0.3) is 0 Å². The third-order valence-electron chi connectivity index (χ3n) is 4.22. The van der Waals surface area contributed by atoms with Crippen molar-refractivity contribution in [3.05, 3.63) is 54.1 Å². The monoisotopic (exact) mass is 283 g/mol. The molecular weight excluding hydrogens is 262 g/mol. The number of rotatable bonds is 3. The van der Waals surface area contributed by atoms with Gasteiger partial charge in [0, 0.05) is 38.7 Å². The van der Waals surface area contributed by atoms with E-state index in [0.717, 1.165) is 31.6 Å². The van der Waals surface area contributed by atoms with Gasteiger partial charge in [-0.25, -0.2) is 0 Å². The van der Waals surface area contributed by atoms with Crippen molar-refractivity contribution in [1.82, 2.24) is 14.5 Å². The number of hydrogen-bond acceptors (Lipinski definition) is 2. The van der Waals surface area contributed by atoms with Gasteiger partial charge in [-0.3, -0.25) is 9.78 Å². The number of likely N-dealkylation sites (tertiary alicyclic amines) is 1. The van der Waals surface area contributed by atoms with Crippen LogP contribution >= 0.6 is 0 Å². The predicted molar refractivity (Wildman–Crippen MR) is 82.0 cm³/mol. The van der Waals surface area contributed by atoms with Crippen LogP contribution in [0.5, 0.6) is 0 Å². The third-order valence-corrected chi connectivity index (χ3v) is 4.22. The van der Waals surface area contributed by atoms with E-state index < -0.39 is 0 Å². The zero-order chi connectivity index (χ0) is 14.7. The first-order valence-electron chi connectivity index (χ1n) is 7.53. The number of amides is 1. The van der Waals surface area contributed by atoms with Gasteiger partial charge in [0.2, 0.25) is 0 Å². The second-order valence-corrected chi connectivity index (χ2v) is 5.83. The number of aryl methyl sites for hydroxylation is 1. The molecule has 4 heteroatoms. The lowest BCUT2D eigenvalue weighted by Crippen LogP contribution is -2.41. The smallest absolute Gasteiger partial charge is 0.270 e. The molecule has 2 aromatic rings. The van der Waals surface area contributed by atoms with Crippen LogP contribution in [0, 0.1) is 5.92 Å². The fourth-order valence-corrected chi connectivity index (χ4v) is 3.11. The summed E-state index contributed by atoms with van der Waals surface area (Å²) in [4.78, 5) is 18.7. The van der Waals surface area contributed by atoms with Gasteiger partial charge in [-0.05, 0) is 48.9 Å². The molecule has 110 valence electrons. The van der Waals surface area contributed by atoms with Crippen LogP contribution in [-0.4, -0.2) is 33.4 Å². The summed E-state index contributed by atoms with van der Waals surface area (Å²) in [5.74, 6) is 0.686. The average molecular weight is 283 g/mol. The average Bonchev–Trinajstić information content (AvgIpc) is 2.94. The highest BCUT2D eigenvalue weighted by Gasteiger charge is 2.25. The molecule has 1 saturated heterocycles. The van der Waals surface area contributed by atoms with Gasteiger partial charge in [0.15, 0.2) is 0 Å². The minimum atomic E-state index is 0.151. The van der Waals surface area contributed by atoms with Gasteiger partial charge < -0.3 is 9.47 Å². The Morgan fingerprint density at radius 2 is 2.29 bits per heavy atom. The van der Waals surface area contributed by atoms with Crippen molar-refractivity contribution in [3.63, 3.8) is 0 Å². The number of nitrogens with zero attached hydrogens (tertiary/aromatic N) is 3. The SMILES string of the molecule is Cn1cccc1C(=O)N1CCC[C@@H](Cc2cccnc2)C1. The Morgan fingerprint density at radius 1 is 1.38 bits per heavy atom. The standard InChI is InChI=1S/C17H21N3O/c1-19-9-4-7-16(19)17(21)20-10-3-6-15(13-20)11-14-5-2-8-18-12-14/h2,4-5,7-9,12,15H,3,6,10-11,13H2,1H3/t15-/m0/s1. The van der Waals surface area contributed by atoms with Crippen molar-refractivity contribution in [2.24, 2.45) is 13.0 Å². The van der Waals surface area contributed by atoms with Gasteiger partial charge in [-0.2, -0.15) is 0 Å². The number of pyridine rings is 1. The van der Waals surface area contributed by atoms with Crippen molar-refractivity contribution in [2.45, 2.75) is 19.3 Å². The lowest BCUT2D eigenvalue weighted by molar-refractivity contribution is 0.0663. The zero-order valence-electron chi connectivity index (χ0n) is 12.4. The van der Waals surface area contributed by atoms with Crippen LogP contribution in [0.3, 0.4) is 0 Å². The number of hydrogen-bond donors (Lipinski definition) is 0. The lowest BCUT2D eigenvalue weighted by Gasteiger charge is -2.33. The molecule has 1 fully saturated rings. The number of carbonyl (C=O) groups is 1. The third kappa shape index (κ3) is 3.15. The Labute approximate surface area is 125 Å². The molecule has 1 atom stereocenters. The molecule has 1 aliphatic heterocycles. The Hall–Kier alpha value is -2.10. The molecule has 3 heterocycles. The first-order chi connectivity index (χ1) is 10.2. The number of aromatic nitrogens is 2. The maximum Gasteiger partial charge on any atom is 0.270 e. The van der Waals surface area contributed by atoms with Crippen molar-refractivity contribution in [1.29, 1.82) is 0 Å². The molecule has 1 aliphatic rings. The minimum absolute atomic E-state index is 0.151. The van der Waals surface area contributed by atoms with Crippen molar-refractivity contribution >= 4 is 5.91 Å². The zero-order valence-corrected chi connectivity index (χ0v) is 12.4. The summed E-state index contributed by atoms with van der Waals surface area (Å²) < 4.78 is 1.90. The van der Waals surface area contributed by atoms with E-state index in [0.29, 0.717) is 5.92 Å². The van der Waals surface area contributed by atoms with Crippen LogP contribution < -0.4 is 0 Å². The van der Waals surface area contributed by atoms with Crippen LogP contribution in [0.15, 0.2) is 42.9 Å². The molecule has 2 aromatic heterocycles. The van der Waals surface area contributed by atoms with E-state index in [2.05, 4.69) is 11.1 Å². The van der Waals surface area contributed by atoms with Gasteiger partial charge in [-0.15, -0.1) is 0 Å². The summed E-state index contributed by atoms with van der Waals surface area (Å²) in [5.41, 5.74) is 2.03. The van der Waals surface area contributed by atoms with Crippen LogP contribution in [0.1, 0.15) is 28.9 Å². The topological polar surface area (TPSA) is 38.1 Å². The maximum absolute atomic E-state index is 12.6. The van der Waals surface area contributed by atoms with Gasteiger partial charge in [0.25, 0.3) is 5.91 Å². The highest BCUT2D eigenvalue weighted by atomic mass is 16.2. The lowest BCUT2D eigenvalue weighted by atomic mass is 9.92. The van der Waals surface area contributed by atoms with Gasteiger partial charge >= 0.3 is 0 Å². The first-order valence-corrected chi connectivity index (χ1v) is 7.53. The van der Waals surface area contributed by atoms with Crippen molar-refractivity contribution < 1.29 is 4.79 Å². The molecule has 0 N–H and O–H groups in total. The molecule has 0 aromatic carbocycles. The highest BCUT2D eigenvalue weighted by Crippen LogP contribution is 2.22. The number of piperidine rings is 1. The molecular formula is C17H21N3O. The highest BCUT2D eigenvalue weighted by molar-refractivity contribution is 5.92. The van der Waals surface area contributed by atoms with E-state index >= 15 is 0 Å². The van der Waals surface area contributed by atoms with E-state index in [-0.39, 0.29) is 5.91 Å². The minimum Gasteiger partial charge on any atom is -0.347 e. The van der Waals surface area contributed by atoms with E-state index in [1.165, 1.54) is 12.0 Å². The Morgan fingerprint density at radius 3 is 3.00 bits per heavy atom.